The van der Waals surface area contributed by atoms with Crippen LogP contribution in [0.2, 0.25) is 0 Å². The van der Waals surface area contributed by atoms with Gasteiger partial charge in [-0.25, -0.2) is 0 Å². The number of fused-ring (bicyclic) bond motifs is 1. The van der Waals surface area contributed by atoms with Crippen LogP contribution in [0.3, 0.4) is 0 Å². The Kier molecular flexibility index (Phi) is 4.91. The SMILES string of the molecule is Cn1c(=O)c2ccc(Br)cc2n1Cc1cc(CO)ccc1OC(F)F. The van der Waals surface area contributed by atoms with Crippen LogP contribution in [0.25, 0.3) is 10.9 Å². The third kappa shape index (κ3) is 3.45. The van der Waals surface area contributed by atoms with E-state index >= 15 is 0 Å². The van der Waals surface area contributed by atoms with Crippen LogP contribution < -0.4 is 10.3 Å². The molecule has 0 unspecified atom stereocenters. The molecule has 0 aliphatic rings. The van der Waals surface area contributed by atoms with E-state index in [4.69, 9.17) is 0 Å². The lowest BCUT2D eigenvalue weighted by Crippen LogP contribution is -2.20. The largest absolute Gasteiger partial charge is 0.434 e. The first kappa shape index (κ1) is 17.6. The molecule has 0 saturated heterocycles. The number of alkyl halides is 2. The van der Waals surface area contributed by atoms with Gasteiger partial charge in [-0.3, -0.25) is 14.2 Å². The Bertz CT molecular complexity index is 982. The number of hydrogen-bond donors (Lipinski definition) is 1. The van der Waals surface area contributed by atoms with Crippen LogP contribution in [-0.2, 0) is 20.2 Å². The molecule has 0 radical (unpaired) electrons. The monoisotopic (exact) mass is 412 g/mol. The van der Waals surface area contributed by atoms with Crippen LogP contribution >= 0.6 is 15.9 Å². The number of aromatic nitrogens is 2. The highest BCUT2D eigenvalue weighted by atomic mass is 79.9. The molecule has 0 spiro atoms. The van der Waals surface area contributed by atoms with Gasteiger partial charge in [0.2, 0.25) is 0 Å². The van der Waals surface area contributed by atoms with Crippen molar-refractivity contribution in [2.24, 2.45) is 7.05 Å². The second-order valence-corrected chi connectivity index (χ2v) is 6.44. The Balaban J connectivity index is 2.14. The van der Waals surface area contributed by atoms with E-state index < -0.39 is 6.61 Å². The summed E-state index contributed by atoms with van der Waals surface area (Å²) in [6.07, 6.45) is 0. The lowest BCUT2D eigenvalue weighted by Gasteiger charge is -2.15. The lowest BCUT2D eigenvalue weighted by atomic mass is 10.1. The summed E-state index contributed by atoms with van der Waals surface area (Å²) in [5.41, 5.74) is 1.50. The number of rotatable bonds is 5. The van der Waals surface area contributed by atoms with Crippen molar-refractivity contribution in [3.63, 3.8) is 0 Å². The predicted octanol–water partition coefficient (Wildman–Crippen LogP) is 3.24. The fraction of sp³-hybridized carbons (Fsp3) is 0.235. The van der Waals surface area contributed by atoms with Gasteiger partial charge in [-0.15, -0.1) is 0 Å². The average molecular weight is 413 g/mol. The smallest absolute Gasteiger partial charge is 0.387 e. The zero-order chi connectivity index (χ0) is 18.1. The number of nitrogens with zero attached hydrogens (tertiary/aromatic N) is 2. The Hall–Kier alpha value is -2.19. The van der Waals surface area contributed by atoms with Gasteiger partial charge in [0.25, 0.3) is 5.56 Å². The maximum absolute atomic E-state index is 12.7. The first-order valence-corrected chi connectivity index (χ1v) is 8.22. The molecule has 0 atom stereocenters. The van der Waals surface area contributed by atoms with E-state index in [-0.39, 0.29) is 24.5 Å². The molecule has 3 aromatic rings. The summed E-state index contributed by atoms with van der Waals surface area (Å²) in [7, 11) is 1.61. The van der Waals surface area contributed by atoms with Gasteiger partial charge in [0, 0.05) is 17.1 Å². The average Bonchev–Trinajstić information content (AvgIpc) is 2.80. The minimum Gasteiger partial charge on any atom is -0.434 e. The van der Waals surface area contributed by atoms with Crippen molar-refractivity contribution in [2.45, 2.75) is 19.8 Å². The molecule has 0 bridgehead atoms. The number of aliphatic hydroxyl groups excluding tert-OH is 1. The van der Waals surface area contributed by atoms with Crippen molar-refractivity contribution in [1.82, 2.24) is 9.36 Å². The third-order valence-corrected chi connectivity index (χ3v) is 4.46. The maximum atomic E-state index is 12.7. The second-order valence-electron chi connectivity index (χ2n) is 5.53. The molecule has 0 aliphatic carbocycles. The molecular formula is C17H15BrF2N2O3. The van der Waals surface area contributed by atoms with Crippen LogP contribution in [0, 0.1) is 0 Å². The Morgan fingerprint density at radius 3 is 2.68 bits per heavy atom. The summed E-state index contributed by atoms with van der Waals surface area (Å²) in [6.45, 7) is -3.04. The van der Waals surface area contributed by atoms with E-state index in [9.17, 15) is 18.7 Å². The summed E-state index contributed by atoms with van der Waals surface area (Å²) >= 11 is 3.37. The lowest BCUT2D eigenvalue weighted by molar-refractivity contribution is -0.0505. The molecule has 1 heterocycles. The molecule has 132 valence electrons. The summed E-state index contributed by atoms with van der Waals surface area (Å²) in [6, 6.07) is 9.77. The summed E-state index contributed by atoms with van der Waals surface area (Å²) in [4.78, 5) is 12.4. The van der Waals surface area contributed by atoms with Crippen molar-refractivity contribution in [3.8, 4) is 5.75 Å². The molecule has 1 aromatic heterocycles. The van der Waals surface area contributed by atoms with E-state index in [0.29, 0.717) is 22.0 Å². The van der Waals surface area contributed by atoms with Gasteiger partial charge in [-0.2, -0.15) is 8.78 Å². The molecular weight excluding hydrogens is 398 g/mol. The zero-order valence-corrected chi connectivity index (χ0v) is 14.8. The number of hydrogen-bond acceptors (Lipinski definition) is 3. The number of benzene rings is 2. The first-order valence-electron chi connectivity index (χ1n) is 7.43. The fourth-order valence-electron chi connectivity index (χ4n) is 2.76. The predicted molar refractivity (Wildman–Crippen MR) is 93.0 cm³/mol. The molecule has 3 rings (SSSR count). The molecule has 2 aromatic carbocycles. The highest BCUT2D eigenvalue weighted by Crippen LogP contribution is 2.25. The second kappa shape index (κ2) is 6.97. The topological polar surface area (TPSA) is 56.4 Å². The van der Waals surface area contributed by atoms with E-state index in [1.54, 1.807) is 36.0 Å². The van der Waals surface area contributed by atoms with Gasteiger partial charge in [0.1, 0.15) is 5.75 Å². The molecule has 8 heteroatoms. The van der Waals surface area contributed by atoms with E-state index in [1.165, 1.54) is 16.8 Å². The Morgan fingerprint density at radius 2 is 2.00 bits per heavy atom. The van der Waals surface area contributed by atoms with Crippen LogP contribution in [0.5, 0.6) is 5.75 Å². The van der Waals surface area contributed by atoms with Gasteiger partial charge in [0.05, 0.1) is 24.1 Å². The highest BCUT2D eigenvalue weighted by Gasteiger charge is 2.15. The summed E-state index contributed by atoms with van der Waals surface area (Å²) in [5.74, 6) is 0.0106. The van der Waals surface area contributed by atoms with Gasteiger partial charge < -0.3 is 9.84 Å². The Morgan fingerprint density at radius 1 is 1.24 bits per heavy atom. The maximum Gasteiger partial charge on any atom is 0.387 e. The van der Waals surface area contributed by atoms with Crippen LogP contribution in [0.1, 0.15) is 11.1 Å². The zero-order valence-electron chi connectivity index (χ0n) is 13.2. The Labute approximate surface area is 150 Å². The van der Waals surface area contributed by atoms with E-state index in [1.807, 2.05) is 0 Å². The van der Waals surface area contributed by atoms with Gasteiger partial charge in [-0.1, -0.05) is 22.0 Å². The van der Waals surface area contributed by atoms with E-state index in [2.05, 4.69) is 20.7 Å². The highest BCUT2D eigenvalue weighted by molar-refractivity contribution is 9.10. The first-order chi connectivity index (χ1) is 11.9. The van der Waals surface area contributed by atoms with Gasteiger partial charge >= 0.3 is 6.61 Å². The molecule has 5 nitrogen and oxygen atoms in total. The van der Waals surface area contributed by atoms with Crippen molar-refractivity contribution in [1.29, 1.82) is 0 Å². The van der Waals surface area contributed by atoms with Crippen molar-refractivity contribution < 1.29 is 18.6 Å². The number of ether oxygens (including phenoxy) is 1. The summed E-state index contributed by atoms with van der Waals surface area (Å²) < 4.78 is 33.8. The standard InChI is InChI=1S/C17H15BrF2N2O3/c1-21-16(24)13-4-3-12(18)7-14(13)22(21)8-11-6-10(9-23)2-5-15(11)25-17(19)20/h2-7,17,23H,8-9H2,1H3. The number of aliphatic hydroxyl groups is 1. The fourth-order valence-corrected chi connectivity index (χ4v) is 3.11. The van der Waals surface area contributed by atoms with Crippen LogP contribution in [0.15, 0.2) is 45.7 Å². The van der Waals surface area contributed by atoms with Crippen molar-refractivity contribution >= 4 is 26.8 Å². The van der Waals surface area contributed by atoms with Crippen molar-refractivity contribution in [2.75, 3.05) is 0 Å². The minimum absolute atomic E-state index is 0.0106. The quantitative estimate of drug-likeness (QED) is 0.699. The van der Waals surface area contributed by atoms with Crippen LogP contribution in [-0.4, -0.2) is 21.1 Å². The minimum atomic E-state index is -2.96. The molecule has 1 N–H and O–H groups in total. The normalized spacial score (nSPS) is 11.4. The van der Waals surface area contributed by atoms with Gasteiger partial charge in [0.15, 0.2) is 0 Å². The molecule has 25 heavy (non-hydrogen) atoms. The molecule has 0 amide bonds. The third-order valence-electron chi connectivity index (χ3n) is 3.97. The van der Waals surface area contributed by atoms with Crippen molar-refractivity contribution in [3.05, 3.63) is 62.4 Å². The molecule has 0 aliphatic heterocycles. The van der Waals surface area contributed by atoms with Crippen LogP contribution in [0.4, 0.5) is 8.78 Å². The summed E-state index contributed by atoms with van der Waals surface area (Å²) in [5, 5.41) is 9.84. The number of halogens is 3. The van der Waals surface area contributed by atoms with Gasteiger partial charge in [-0.05, 0) is 35.9 Å². The van der Waals surface area contributed by atoms with E-state index in [0.717, 1.165) is 4.47 Å². The molecule has 0 saturated carbocycles. The molecule has 0 fully saturated rings.